The lowest BCUT2D eigenvalue weighted by Gasteiger charge is -2.07. The average Bonchev–Trinajstić information content (AvgIpc) is 2.15. The second-order valence-corrected chi connectivity index (χ2v) is 4.01. The molecular weight excluding hydrogens is 206 g/mol. The Morgan fingerprint density at radius 3 is 2.92 bits per heavy atom. The van der Waals surface area contributed by atoms with Crippen molar-refractivity contribution >= 4 is 23.4 Å². The first-order valence-corrected chi connectivity index (χ1v) is 5.30. The molecule has 0 aliphatic heterocycles. The van der Waals surface area contributed by atoms with Crippen LogP contribution in [0.5, 0.6) is 5.75 Å². The second-order valence-electron chi connectivity index (χ2n) is 2.43. The van der Waals surface area contributed by atoms with E-state index in [1.54, 1.807) is 18.9 Å². The molecule has 0 aliphatic carbocycles. The van der Waals surface area contributed by atoms with E-state index < -0.39 is 0 Å². The van der Waals surface area contributed by atoms with Crippen LogP contribution in [-0.4, -0.2) is 19.4 Å². The third-order valence-corrected chi connectivity index (χ3v) is 2.81. The molecule has 1 rings (SSSR count). The minimum absolute atomic E-state index is 0.653. The zero-order valence-corrected chi connectivity index (χ0v) is 8.99. The van der Waals surface area contributed by atoms with Gasteiger partial charge in [0, 0.05) is 17.3 Å². The second kappa shape index (κ2) is 5.37. The van der Waals surface area contributed by atoms with E-state index in [1.165, 1.54) is 0 Å². The molecule has 0 amide bonds. The maximum atomic E-state index is 5.85. The average molecular weight is 218 g/mol. The highest BCUT2D eigenvalue weighted by molar-refractivity contribution is 7.99. The monoisotopic (exact) mass is 217 g/mol. The number of thioether (sulfide) groups is 1. The first kappa shape index (κ1) is 10.7. The van der Waals surface area contributed by atoms with Gasteiger partial charge < -0.3 is 10.5 Å². The molecule has 13 heavy (non-hydrogen) atoms. The van der Waals surface area contributed by atoms with E-state index in [4.69, 9.17) is 22.1 Å². The smallest absolute Gasteiger partial charge is 0.132 e. The van der Waals surface area contributed by atoms with Gasteiger partial charge in [-0.05, 0) is 18.2 Å². The molecule has 0 radical (unpaired) electrons. The number of benzene rings is 1. The molecule has 2 nitrogen and oxygen atoms in total. The quantitative estimate of drug-likeness (QED) is 0.787. The molecule has 0 spiro atoms. The van der Waals surface area contributed by atoms with Gasteiger partial charge in [0.15, 0.2) is 0 Å². The fourth-order valence-corrected chi connectivity index (χ4v) is 2.01. The first-order valence-electron chi connectivity index (χ1n) is 3.94. The Kier molecular flexibility index (Phi) is 4.42. The van der Waals surface area contributed by atoms with Crippen LogP contribution < -0.4 is 10.5 Å². The topological polar surface area (TPSA) is 35.2 Å². The van der Waals surface area contributed by atoms with E-state index in [9.17, 15) is 0 Å². The minimum atomic E-state index is 0.653. The third kappa shape index (κ3) is 3.10. The fourth-order valence-electron chi connectivity index (χ4n) is 0.932. The fraction of sp³-hybridized carbons (Fsp3) is 0.333. The highest BCUT2D eigenvalue weighted by Gasteiger charge is 2.03. The lowest BCUT2D eigenvalue weighted by atomic mass is 10.3. The Labute approximate surface area is 87.4 Å². The molecular formula is C9H12ClNOS. The third-order valence-electron chi connectivity index (χ3n) is 1.50. The van der Waals surface area contributed by atoms with Crippen LogP contribution in [0.4, 0.5) is 0 Å². The maximum absolute atomic E-state index is 5.85. The molecule has 0 heterocycles. The molecule has 0 unspecified atom stereocenters. The van der Waals surface area contributed by atoms with Crippen molar-refractivity contribution in [3.8, 4) is 5.75 Å². The van der Waals surface area contributed by atoms with Gasteiger partial charge in [-0.15, -0.1) is 11.8 Å². The lowest BCUT2D eigenvalue weighted by molar-refractivity contribution is 0.405. The van der Waals surface area contributed by atoms with Crippen LogP contribution in [0.25, 0.3) is 0 Å². The summed E-state index contributed by atoms with van der Waals surface area (Å²) in [5.74, 6) is 1.72. The summed E-state index contributed by atoms with van der Waals surface area (Å²) in [7, 11) is 1.65. The van der Waals surface area contributed by atoms with Crippen molar-refractivity contribution < 1.29 is 4.74 Å². The van der Waals surface area contributed by atoms with Gasteiger partial charge >= 0.3 is 0 Å². The highest BCUT2D eigenvalue weighted by atomic mass is 35.5. The van der Waals surface area contributed by atoms with Crippen LogP contribution in [0.2, 0.25) is 5.02 Å². The van der Waals surface area contributed by atoms with E-state index >= 15 is 0 Å². The Morgan fingerprint density at radius 2 is 2.31 bits per heavy atom. The number of hydrogen-bond donors (Lipinski definition) is 1. The van der Waals surface area contributed by atoms with Gasteiger partial charge in [-0.2, -0.15) is 0 Å². The van der Waals surface area contributed by atoms with Crippen molar-refractivity contribution in [1.82, 2.24) is 0 Å². The summed E-state index contributed by atoms with van der Waals surface area (Å²) < 4.78 is 5.18. The summed E-state index contributed by atoms with van der Waals surface area (Å²) in [5.41, 5.74) is 5.41. The number of nitrogens with two attached hydrogens (primary N) is 1. The van der Waals surface area contributed by atoms with Crippen molar-refractivity contribution in [1.29, 1.82) is 0 Å². The standard InChI is InChI=1S/C9H12ClNOS/c1-12-8-3-2-7(10)6-9(8)13-5-4-11/h2-3,6H,4-5,11H2,1H3. The molecule has 2 N–H and O–H groups in total. The molecule has 0 aliphatic rings. The number of ether oxygens (including phenoxy) is 1. The molecule has 0 saturated carbocycles. The van der Waals surface area contributed by atoms with Crippen molar-refractivity contribution in [3.63, 3.8) is 0 Å². The molecule has 0 saturated heterocycles. The van der Waals surface area contributed by atoms with E-state index in [-0.39, 0.29) is 0 Å². The van der Waals surface area contributed by atoms with E-state index in [2.05, 4.69) is 0 Å². The largest absolute Gasteiger partial charge is 0.496 e. The summed E-state index contributed by atoms with van der Waals surface area (Å²) >= 11 is 7.50. The Morgan fingerprint density at radius 1 is 1.54 bits per heavy atom. The zero-order chi connectivity index (χ0) is 9.68. The van der Waals surface area contributed by atoms with Crippen molar-refractivity contribution in [3.05, 3.63) is 23.2 Å². The van der Waals surface area contributed by atoms with Crippen molar-refractivity contribution in [2.45, 2.75) is 4.90 Å². The van der Waals surface area contributed by atoms with Gasteiger partial charge in [0.2, 0.25) is 0 Å². The zero-order valence-electron chi connectivity index (χ0n) is 7.42. The minimum Gasteiger partial charge on any atom is -0.496 e. The van der Waals surface area contributed by atoms with Crippen LogP contribution in [-0.2, 0) is 0 Å². The SMILES string of the molecule is COc1ccc(Cl)cc1SCCN. The highest BCUT2D eigenvalue weighted by Crippen LogP contribution is 2.31. The van der Waals surface area contributed by atoms with Crippen molar-refractivity contribution in [2.75, 3.05) is 19.4 Å². The van der Waals surface area contributed by atoms with Gasteiger partial charge in [0.1, 0.15) is 5.75 Å². The predicted molar refractivity (Wildman–Crippen MR) is 57.8 cm³/mol. The molecule has 1 aromatic rings. The van der Waals surface area contributed by atoms with Gasteiger partial charge in [0.05, 0.1) is 12.0 Å². The Hall–Kier alpha value is -0.380. The summed E-state index contributed by atoms with van der Waals surface area (Å²) in [5, 5.41) is 0.723. The molecule has 0 aromatic heterocycles. The maximum Gasteiger partial charge on any atom is 0.132 e. The predicted octanol–water partition coefficient (Wildman–Crippen LogP) is 2.40. The first-order chi connectivity index (χ1) is 6.27. The molecule has 1 aromatic carbocycles. The lowest BCUT2D eigenvalue weighted by Crippen LogP contribution is -2.01. The van der Waals surface area contributed by atoms with Gasteiger partial charge in [-0.3, -0.25) is 0 Å². The van der Waals surface area contributed by atoms with E-state index in [1.807, 2.05) is 18.2 Å². The Balaban J connectivity index is 2.81. The van der Waals surface area contributed by atoms with E-state index in [0.29, 0.717) is 6.54 Å². The van der Waals surface area contributed by atoms with Crippen LogP contribution in [0, 0.1) is 0 Å². The van der Waals surface area contributed by atoms with Crippen LogP contribution in [0.3, 0.4) is 0 Å². The molecule has 0 atom stereocenters. The van der Waals surface area contributed by atoms with Crippen LogP contribution in [0.1, 0.15) is 0 Å². The van der Waals surface area contributed by atoms with Gasteiger partial charge in [-0.25, -0.2) is 0 Å². The number of halogens is 1. The van der Waals surface area contributed by atoms with Gasteiger partial charge in [-0.1, -0.05) is 11.6 Å². The molecule has 0 fully saturated rings. The van der Waals surface area contributed by atoms with Crippen LogP contribution in [0.15, 0.2) is 23.1 Å². The van der Waals surface area contributed by atoms with Crippen LogP contribution >= 0.6 is 23.4 Å². The summed E-state index contributed by atoms with van der Waals surface area (Å²) in [6.07, 6.45) is 0. The van der Waals surface area contributed by atoms with Crippen molar-refractivity contribution in [2.24, 2.45) is 5.73 Å². The number of methoxy groups -OCH3 is 1. The molecule has 72 valence electrons. The summed E-state index contributed by atoms with van der Waals surface area (Å²) in [4.78, 5) is 1.04. The Bertz CT molecular complexity index is 280. The number of hydrogen-bond acceptors (Lipinski definition) is 3. The normalized spacial score (nSPS) is 10.1. The molecule has 4 heteroatoms. The van der Waals surface area contributed by atoms with E-state index in [0.717, 1.165) is 21.4 Å². The summed E-state index contributed by atoms with van der Waals surface area (Å²) in [6.45, 7) is 0.653. The molecule has 0 bridgehead atoms. The summed E-state index contributed by atoms with van der Waals surface area (Å²) in [6, 6.07) is 5.56. The number of rotatable bonds is 4. The van der Waals surface area contributed by atoms with Gasteiger partial charge in [0.25, 0.3) is 0 Å².